The number of aromatic nitrogens is 1. The van der Waals surface area contributed by atoms with Crippen LogP contribution in [0, 0.1) is 13.8 Å². The first-order valence-electron chi connectivity index (χ1n) is 9.75. The van der Waals surface area contributed by atoms with E-state index in [-0.39, 0.29) is 5.78 Å². The molecule has 2 heterocycles. The molecule has 29 heavy (non-hydrogen) atoms. The molecule has 0 aliphatic carbocycles. The molecule has 0 radical (unpaired) electrons. The summed E-state index contributed by atoms with van der Waals surface area (Å²) in [5.74, 6) is 0.0612. The highest BCUT2D eigenvalue weighted by molar-refractivity contribution is 6.21. The van der Waals surface area contributed by atoms with Crippen LogP contribution >= 0.6 is 0 Å². The SMILES string of the molecule is CC(=O)c1c(C)n(-c2ccc(C)cc2)c2ccc3occ(-c4ccccc4)c3c12. The zero-order valence-corrected chi connectivity index (χ0v) is 16.7. The van der Waals surface area contributed by atoms with E-state index in [2.05, 4.69) is 54.0 Å². The predicted octanol–water partition coefficient (Wildman–Crippen LogP) is 6.86. The van der Waals surface area contributed by atoms with Crippen LogP contribution in [0.25, 0.3) is 38.7 Å². The molecule has 0 amide bonds. The lowest BCUT2D eigenvalue weighted by Crippen LogP contribution is -1.99. The molecule has 0 N–H and O–H groups in total. The molecule has 0 aliphatic rings. The molecule has 3 heteroatoms. The molecule has 0 spiro atoms. The lowest BCUT2D eigenvalue weighted by molar-refractivity contribution is 0.101. The number of aryl methyl sites for hydroxylation is 1. The van der Waals surface area contributed by atoms with Crippen molar-refractivity contribution in [1.29, 1.82) is 0 Å². The fraction of sp³-hybridized carbons (Fsp3) is 0.115. The van der Waals surface area contributed by atoms with Crippen molar-refractivity contribution in [3.05, 3.63) is 89.8 Å². The molecule has 3 nitrogen and oxygen atoms in total. The van der Waals surface area contributed by atoms with Crippen LogP contribution in [0.15, 0.2) is 77.4 Å². The van der Waals surface area contributed by atoms with Crippen LogP contribution in [-0.2, 0) is 0 Å². The van der Waals surface area contributed by atoms with Crippen molar-refractivity contribution in [2.45, 2.75) is 20.8 Å². The summed E-state index contributed by atoms with van der Waals surface area (Å²) in [4.78, 5) is 12.7. The Morgan fingerprint density at radius 3 is 2.28 bits per heavy atom. The molecule has 3 aromatic carbocycles. The Balaban J connectivity index is 1.94. The highest BCUT2D eigenvalue weighted by atomic mass is 16.3. The van der Waals surface area contributed by atoms with Crippen LogP contribution in [-0.4, -0.2) is 10.4 Å². The fourth-order valence-corrected chi connectivity index (χ4v) is 4.32. The Morgan fingerprint density at radius 2 is 1.59 bits per heavy atom. The van der Waals surface area contributed by atoms with Crippen LogP contribution in [0.3, 0.4) is 0 Å². The first-order valence-corrected chi connectivity index (χ1v) is 9.75. The Kier molecular flexibility index (Phi) is 3.92. The molecule has 2 aromatic heterocycles. The first-order chi connectivity index (χ1) is 14.1. The Hall–Kier alpha value is -3.59. The van der Waals surface area contributed by atoms with E-state index < -0.39 is 0 Å². The van der Waals surface area contributed by atoms with Gasteiger partial charge in [0.1, 0.15) is 5.58 Å². The Bertz CT molecular complexity index is 1370. The summed E-state index contributed by atoms with van der Waals surface area (Å²) in [7, 11) is 0. The highest BCUT2D eigenvalue weighted by Crippen LogP contribution is 2.40. The molecule has 0 fully saturated rings. The van der Waals surface area contributed by atoms with E-state index in [0.717, 1.165) is 49.9 Å². The van der Waals surface area contributed by atoms with Crippen LogP contribution < -0.4 is 0 Å². The summed E-state index contributed by atoms with van der Waals surface area (Å²) in [6.45, 7) is 5.74. The smallest absolute Gasteiger partial charge is 0.162 e. The van der Waals surface area contributed by atoms with Gasteiger partial charge in [0.25, 0.3) is 0 Å². The minimum absolute atomic E-state index is 0.0612. The monoisotopic (exact) mass is 379 g/mol. The molecule has 0 bridgehead atoms. The summed E-state index contributed by atoms with van der Waals surface area (Å²) in [6, 6.07) is 22.6. The molecule has 5 rings (SSSR count). The predicted molar refractivity (Wildman–Crippen MR) is 118 cm³/mol. The number of carbonyl (C=O) groups excluding carboxylic acids is 1. The lowest BCUT2D eigenvalue weighted by Gasteiger charge is -2.09. The Labute approximate surface area is 169 Å². The van der Waals surface area contributed by atoms with Gasteiger partial charge in [-0.3, -0.25) is 4.79 Å². The number of carbonyl (C=O) groups is 1. The summed E-state index contributed by atoms with van der Waals surface area (Å²) in [6.07, 6.45) is 1.79. The largest absolute Gasteiger partial charge is 0.464 e. The van der Waals surface area contributed by atoms with E-state index in [1.54, 1.807) is 13.2 Å². The van der Waals surface area contributed by atoms with Gasteiger partial charge in [0.2, 0.25) is 0 Å². The number of benzene rings is 3. The Morgan fingerprint density at radius 1 is 0.862 bits per heavy atom. The van der Waals surface area contributed by atoms with Crippen molar-refractivity contribution < 1.29 is 9.21 Å². The molecule has 0 saturated heterocycles. The van der Waals surface area contributed by atoms with Crippen molar-refractivity contribution in [1.82, 2.24) is 4.57 Å². The molecular weight excluding hydrogens is 358 g/mol. The molecular formula is C26H21NO2. The van der Waals surface area contributed by atoms with Gasteiger partial charge in [0, 0.05) is 33.3 Å². The minimum Gasteiger partial charge on any atom is -0.464 e. The van der Waals surface area contributed by atoms with Crippen molar-refractivity contribution >= 4 is 27.7 Å². The second-order valence-electron chi connectivity index (χ2n) is 7.54. The standard InChI is InChI=1S/C26H21NO2/c1-16-9-11-20(12-10-16)27-17(2)24(18(3)28)26-22(27)13-14-23-25(26)21(15-29-23)19-7-5-4-6-8-19/h4-15H,1-3H3. The average Bonchev–Trinajstić information content (AvgIpc) is 3.27. The molecule has 0 saturated carbocycles. The van der Waals surface area contributed by atoms with Crippen LogP contribution in [0.5, 0.6) is 0 Å². The summed E-state index contributed by atoms with van der Waals surface area (Å²) in [5, 5.41) is 1.95. The summed E-state index contributed by atoms with van der Waals surface area (Å²) < 4.78 is 8.07. The van der Waals surface area contributed by atoms with Crippen molar-refractivity contribution in [2.24, 2.45) is 0 Å². The quantitative estimate of drug-likeness (QED) is 0.321. The number of hydrogen-bond acceptors (Lipinski definition) is 2. The van der Waals surface area contributed by atoms with Crippen molar-refractivity contribution in [3.63, 3.8) is 0 Å². The van der Waals surface area contributed by atoms with Gasteiger partial charge in [0.05, 0.1) is 11.8 Å². The van der Waals surface area contributed by atoms with E-state index >= 15 is 0 Å². The third-order valence-corrected chi connectivity index (χ3v) is 5.64. The highest BCUT2D eigenvalue weighted by Gasteiger charge is 2.23. The van der Waals surface area contributed by atoms with Gasteiger partial charge in [-0.2, -0.15) is 0 Å². The van der Waals surface area contributed by atoms with E-state index in [4.69, 9.17) is 4.42 Å². The van der Waals surface area contributed by atoms with Crippen LogP contribution in [0.1, 0.15) is 28.5 Å². The van der Waals surface area contributed by atoms with Crippen LogP contribution in [0.2, 0.25) is 0 Å². The van der Waals surface area contributed by atoms with E-state index in [9.17, 15) is 4.79 Å². The maximum Gasteiger partial charge on any atom is 0.162 e. The molecule has 5 aromatic rings. The van der Waals surface area contributed by atoms with Crippen molar-refractivity contribution in [2.75, 3.05) is 0 Å². The van der Waals surface area contributed by atoms with Gasteiger partial charge in [-0.15, -0.1) is 0 Å². The minimum atomic E-state index is 0.0612. The average molecular weight is 379 g/mol. The van der Waals surface area contributed by atoms with Crippen LogP contribution in [0.4, 0.5) is 0 Å². The normalized spacial score (nSPS) is 11.4. The summed E-state index contributed by atoms with van der Waals surface area (Å²) in [5.41, 5.74) is 7.85. The van der Waals surface area contributed by atoms with Gasteiger partial charge >= 0.3 is 0 Å². The number of nitrogens with zero attached hydrogens (tertiary/aromatic N) is 1. The number of furan rings is 1. The number of fused-ring (bicyclic) bond motifs is 3. The summed E-state index contributed by atoms with van der Waals surface area (Å²) >= 11 is 0. The third kappa shape index (κ3) is 2.62. The maximum atomic E-state index is 12.7. The van der Waals surface area contributed by atoms with E-state index in [1.807, 2.05) is 31.2 Å². The van der Waals surface area contributed by atoms with Gasteiger partial charge in [0.15, 0.2) is 5.78 Å². The topological polar surface area (TPSA) is 35.1 Å². The number of Topliss-reactive ketones (excluding diaryl/α,β-unsaturated/α-hetero) is 1. The van der Waals surface area contributed by atoms with Gasteiger partial charge < -0.3 is 8.98 Å². The van der Waals surface area contributed by atoms with Gasteiger partial charge in [-0.1, -0.05) is 48.0 Å². The first kappa shape index (κ1) is 17.5. The molecule has 0 unspecified atom stereocenters. The zero-order chi connectivity index (χ0) is 20.1. The third-order valence-electron chi connectivity index (χ3n) is 5.64. The van der Waals surface area contributed by atoms with Gasteiger partial charge in [-0.25, -0.2) is 0 Å². The molecule has 0 aliphatic heterocycles. The number of ketones is 1. The van der Waals surface area contributed by atoms with E-state index in [0.29, 0.717) is 0 Å². The second kappa shape index (κ2) is 6.49. The lowest BCUT2D eigenvalue weighted by atomic mass is 9.98. The number of rotatable bonds is 3. The molecule has 0 atom stereocenters. The fourth-order valence-electron chi connectivity index (χ4n) is 4.32. The van der Waals surface area contributed by atoms with Crippen molar-refractivity contribution in [3.8, 4) is 16.8 Å². The number of hydrogen-bond donors (Lipinski definition) is 0. The zero-order valence-electron chi connectivity index (χ0n) is 16.7. The second-order valence-corrected chi connectivity index (χ2v) is 7.54. The van der Waals surface area contributed by atoms with Gasteiger partial charge in [-0.05, 0) is 50.6 Å². The molecule has 142 valence electrons. The van der Waals surface area contributed by atoms with E-state index in [1.165, 1.54) is 5.56 Å². The maximum absolute atomic E-state index is 12.7.